The van der Waals surface area contributed by atoms with E-state index >= 15 is 0 Å². The lowest BCUT2D eigenvalue weighted by Gasteiger charge is -2.45. The van der Waals surface area contributed by atoms with Gasteiger partial charge in [0.15, 0.2) is 5.60 Å². The van der Waals surface area contributed by atoms with Gasteiger partial charge in [-0.25, -0.2) is 0 Å². The Morgan fingerprint density at radius 2 is 2.20 bits per heavy atom. The fraction of sp³-hybridized carbons (Fsp3) is 0.562. The second-order valence-corrected chi connectivity index (χ2v) is 7.12. The van der Waals surface area contributed by atoms with Crippen LogP contribution in [-0.4, -0.2) is 35.4 Å². The van der Waals surface area contributed by atoms with Gasteiger partial charge in [-0.3, -0.25) is 4.79 Å². The van der Waals surface area contributed by atoms with E-state index in [0.717, 1.165) is 35.2 Å². The molecule has 3 heterocycles. The largest absolute Gasteiger partial charge is 0.478 e. The standard InChI is InChI=1S/C16H18BrNO2/c17-11-4-5-14-13(9-11)15(19)16(20-14)6-8-18-7-2-1-3-12(18)10-16/h4-5,9,12H,1-3,6-8,10H2. The van der Waals surface area contributed by atoms with Crippen LogP contribution in [0.5, 0.6) is 5.75 Å². The molecule has 0 aliphatic carbocycles. The maximum absolute atomic E-state index is 12.8. The van der Waals surface area contributed by atoms with Crippen molar-refractivity contribution in [3.63, 3.8) is 0 Å². The zero-order valence-corrected chi connectivity index (χ0v) is 13.0. The van der Waals surface area contributed by atoms with E-state index in [0.29, 0.717) is 6.04 Å². The van der Waals surface area contributed by atoms with Crippen molar-refractivity contribution < 1.29 is 9.53 Å². The SMILES string of the molecule is O=C1c2cc(Br)ccc2OC12CCN1CCCCC1C2. The molecule has 4 rings (SSSR count). The van der Waals surface area contributed by atoms with Gasteiger partial charge in [0.25, 0.3) is 0 Å². The number of ether oxygens (including phenoxy) is 1. The van der Waals surface area contributed by atoms with Crippen LogP contribution in [0.2, 0.25) is 0 Å². The molecule has 1 aromatic rings. The fourth-order valence-corrected chi connectivity index (χ4v) is 4.32. The van der Waals surface area contributed by atoms with Crippen molar-refractivity contribution in [3.05, 3.63) is 28.2 Å². The number of hydrogen-bond acceptors (Lipinski definition) is 3. The molecule has 2 atom stereocenters. The van der Waals surface area contributed by atoms with Gasteiger partial charge in [0.05, 0.1) is 5.56 Å². The molecule has 0 aromatic heterocycles. The van der Waals surface area contributed by atoms with E-state index < -0.39 is 5.60 Å². The number of halogens is 1. The van der Waals surface area contributed by atoms with E-state index in [1.807, 2.05) is 18.2 Å². The predicted octanol–water partition coefficient (Wildman–Crippen LogP) is 3.41. The second kappa shape index (κ2) is 4.57. The van der Waals surface area contributed by atoms with Gasteiger partial charge in [-0.2, -0.15) is 0 Å². The molecule has 0 bridgehead atoms. The number of carbonyl (C=O) groups is 1. The molecular weight excluding hydrogens is 318 g/mol. The highest BCUT2D eigenvalue weighted by Gasteiger charge is 2.52. The molecule has 2 saturated heterocycles. The molecule has 106 valence electrons. The van der Waals surface area contributed by atoms with Crippen molar-refractivity contribution >= 4 is 21.7 Å². The van der Waals surface area contributed by atoms with Crippen LogP contribution in [0.3, 0.4) is 0 Å². The average molecular weight is 336 g/mol. The molecule has 0 amide bonds. The van der Waals surface area contributed by atoms with E-state index in [4.69, 9.17) is 4.74 Å². The average Bonchev–Trinajstić information content (AvgIpc) is 2.72. The Bertz CT molecular complexity index is 574. The predicted molar refractivity (Wildman–Crippen MR) is 80.3 cm³/mol. The summed E-state index contributed by atoms with van der Waals surface area (Å²) in [6.07, 6.45) is 5.47. The minimum atomic E-state index is -0.582. The molecule has 3 aliphatic rings. The summed E-state index contributed by atoms with van der Waals surface area (Å²) in [6.45, 7) is 2.18. The van der Waals surface area contributed by atoms with E-state index in [2.05, 4.69) is 20.8 Å². The summed E-state index contributed by atoms with van der Waals surface area (Å²) in [5.41, 5.74) is 0.172. The first-order chi connectivity index (χ1) is 9.68. The number of hydrogen-bond donors (Lipinski definition) is 0. The molecule has 0 N–H and O–H groups in total. The summed E-state index contributed by atoms with van der Waals surface area (Å²) in [7, 11) is 0. The highest BCUT2D eigenvalue weighted by molar-refractivity contribution is 9.10. The van der Waals surface area contributed by atoms with Crippen LogP contribution in [0.25, 0.3) is 0 Å². The van der Waals surface area contributed by atoms with Gasteiger partial charge in [-0.05, 0) is 37.6 Å². The van der Waals surface area contributed by atoms with Crippen molar-refractivity contribution in [3.8, 4) is 5.75 Å². The topological polar surface area (TPSA) is 29.5 Å². The van der Waals surface area contributed by atoms with Gasteiger partial charge in [0.1, 0.15) is 5.75 Å². The molecule has 3 nitrogen and oxygen atoms in total. The number of Topliss-reactive ketones (excluding diaryl/α,β-unsaturated/α-hetero) is 1. The fourth-order valence-electron chi connectivity index (χ4n) is 3.96. The van der Waals surface area contributed by atoms with Crippen LogP contribution >= 0.6 is 15.9 Å². The molecule has 0 saturated carbocycles. The number of carbonyl (C=O) groups excluding carboxylic acids is 1. The summed E-state index contributed by atoms with van der Waals surface area (Å²) in [4.78, 5) is 15.4. The number of ketones is 1. The van der Waals surface area contributed by atoms with Crippen LogP contribution < -0.4 is 4.74 Å². The van der Waals surface area contributed by atoms with Gasteiger partial charge < -0.3 is 9.64 Å². The van der Waals surface area contributed by atoms with Crippen LogP contribution in [0.15, 0.2) is 22.7 Å². The van der Waals surface area contributed by atoms with Gasteiger partial charge in [0, 0.05) is 29.9 Å². The molecule has 1 aromatic carbocycles. The zero-order chi connectivity index (χ0) is 13.7. The molecule has 2 unspecified atom stereocenters. The maximum atomic E-state index is 12.8. The number of fused-ring (bicyclic) bond motifs is 2. The monoisotopic (exact) mass is 335 g/mol. The first kappa shape index (κ1) is 12.8. The van der Waals surface area contributed by atoms with E-state index in [9.17, 15) is 4.79 Å². The second-order valence-electron chi connectivity index (χ2n) is 6.21. The summed E-state index contributed by atoms with van der Waals surface area (Å²) >= 11 is 3.44. The molecule has 0 radical (unpaired) electrons. The lowest BCUT2D eigenvalue weighted by Crippen LogP contribution is -2.56. The minimum Gasteiger partial charge on any atom is -0.478 e. The molecule has 2 fully saturated rings. The Labute approximate surface area is 127 Å². The van der Waals surface area contributed by atoms with Crippen molar-refractivity contribution in [2.24, 2.45) is 0 Å². The third-order valence-electron chi connectivity index (χ3n) is 5.02. The van der Waals surface area contributed by atoms with Crippen LogP contribution in [-0.2, 0) is 0 Å². The maximum Gasteiger partial charge on any atom is 0.210 e. The Balaban J connectivity index is 1.65. The van der Waals surface area contributed by atoms with Crippen molar-refractivity contribution in [2.75, 3.05) is 13.1 Å². The van der Waals surface area contributed by atoms with E-state index in [1.54, 1.807) is 0 Å². The highest BCUT2D eigenvalue weighted by Crippen LogP contribution is 2.44. The van der Waals surface area contributed by atoms with Gasteiger partial charge >= 0.3 is 0 Å². The number of piperidine rings is 2. The van der Waals surface area contributed by atoms with E-state index in [1.165, 1.54) is 25.8 Å². The Morgan fingerprint density at radius 1 is 1.30 bits per heavy atom. The first-order valence-corrected chi connectivity index (χ1v) is 8.25. The summed E-state index contributed by atoms with van der Waals surface area (Å²) in [5, 5.41) is 0. The molecule has 3 aliphatic heterocycles. The first-order valence-electron chi connectivity index (χ1n) is 7.45. The number of benzene rings is 1. The summed E-state index contributed by atoms with van der Waals surface area (Å²) in [5.74, 6) is 0.960. The van der Waals surface area contributed by atoms with E-state index in [-0.39, 0.29) is 5.78 Å². The van der Waals surface area contributed by atoms with Crippen LogP contribution in [0, 0.1) is 0 Å². The normalized spacial score (nSPS) is 32.9. The van der Waals surface area contributed by atoms with Gasteiger partial charge in [-0.15, -0.1) is 0 Å². The highest BCUT2D eigenvalue weighted by atomic mass is 79.9. The Hall–Kier alpha value is -0.870. The Morgan fingerprint density at radius 3 is 3.10 bits per heavy atom. The third-order valence-corrected chi connectivity index (χ3v) is 5.52. The van der Waals surface area contributed by atoms with Crippen LogP contribution in [0.4, 0.5) is 0 Å². The molecule has 20 heavy (non-hydrogen) atoms. The summed E-state index contributed by atoms with van der Waals surface area (Å²) in [6, 6.07) is 6.29. The molecule has 4 heteroatoms. The minimum absolute atomic E-state index is 0.194. The number of nitrogens with zero attached hydrogens (tertiary/aromatic N) is 1. The lowest BCUT2D eigenvalue weighted by molar-refractivity contribution is -0.0141. The molecular formula is C16H18BrNO2. The van der Waals surface area contributed by atoms with Crippen molar-refractivity contribution in [2.45, 2.75) is 43.7 Å². The zero-order valence-electron chi connectivity index (χ0n) is 11.4. The van der Waals surface area contributed by atoms with Crippen LogP contribution in [0.1, 0.15) is 42.5 Å². The van der Waals surface area contributed by atoms with Crippen molar-refractivity contribution in [1.29, 1.82) is 0 Å². The van der Waals surface area contributed by atoms with Gasteiger partial charge in [-0.1, -0.05) is 22.4 Å². The Kier molecular flexibility index (Phi) is 2.93. The third kappa shape index (κ3) is 1.85. The lowest BCUT2D eigenvalue weighted by atomic mass is 9.79. The quantitative estimate of drug-likeness (QED) is 0.727. The number of rotatable bonds is 0. The van der Waals surface area contributed by atoms with Crippen molar-refractivity contribution in [1.82, 2.24) is 4.90 Å². The smallest absolute Gasteiger partial charge is 0.210 e. The van der Waals surface area contributed by atoms with Gasteiger partial charge in [0.2, 0.25) is 5.78 Å². The summed E-state index contributed by atoms with van der Waals surface area (Å²) < 4.78 is 7.10. The molecule has 1 spiro atoms.